The summed E-state index contributed by atoms with van der Waals surface area (Å²) in [4.78, 5) is 11.4. The van der Waals surface area contributed by atoms with Crippen molar-refractivity contribution in [2.24, 2.45) is 5.73 Å². The molecular formula is C11H20N4O2. The lowest BCUT2D eigenvalue weighted by molar-refractivity contribution is 0.0524. The zero-order valence-electron chi connectivity index (χ0n) is 10.5. The first-order valence-electron chi connectivity index (χ1n) is 5.58. The van der Waals surface area contributed by atoms with E-state index in [1.807, 2.05) is 26.8 Å². The minimum absolute atomic E-state index is 0.0185. The predicted molar refractivity (Wildman–Crippen MR) is 64.6 cm³/mol. The van der Waals surface area contributed by atoms with Crippen LogP contribution < -0.4 is 11.1 Å². The Morgan fingerprint density at radius 1 is 1.65 bits per heavy atom. The third-order valence-corrected chi connectivity index (χ3v) is 2.14. The Bertz CT molecular complexity index is 343. The van der Waals surface area contributed by atoms with Gasteiger partial charge in [-0.05, 0) is 26.8 Å². The van der Waals surface area contributed by atoms with Gasteiger partial charge in [0.05, 0.1) is 0 Å². The fraction of sp³-hybridized carbons (Fsp3) is 0.636. The standard InChI is InChI=1S/C11H20N4O2/c1-11(2,3)17-10(16)13-7-8(6-12)9-4-5-14-15-9/h4-5,8H,6-7,12H2,1-3H3,(H,13,16)(H,14,15). The summed E-state index contributed by atoms with van der Waals surface area (Å²) in [6.45, 7) is 6.32. The number of carbonyl (C=O) groups is 1. The smallest absolute Gasteiger partial charge is 0.407 e. The SMILES string of the molecule is CC(C)(C)OC(=O)NCC(CN)c1ccn[nH]1. The molecule has 6 nitrogen and oxygen atoms in total. The lowest BCUT2D eigenvalue weighted by Gasteiger charge is -2.21. The topological polar surface area (TPSA) is 93.0 Å². The van der Waals surface area contributed by atoms with Gasteiger partial charge in [-0.25, -0.2) is 4.79 Å². The maximum atomic E-state index is 11.4. The van der Waals surface area contributed by atoms with Gasteiger partial charge in [0.2, 0.25) is 0 Å². The van der Waals surface area contributed by atoms with E-state index in [1.54, 1.807) is 6.20 Å². The first kappa shape index (κ1) is 13.5. The molecule has 1 aromatic rings. The second-order valence-corrected chi connectivity index (χ2v) is 4.83. The van der Waals surface area contributed by atoms with Crippen molar-refractivity contribution in [1.82, 2.24) is 15.5 Å². The van der Waals surface area contributed by atoms with Gasteiger partial charge in [0.1, 0.15) is 5.60 Å². The van der Waals surface area contributed by atoms with Crippen molar-refractivity contribution in [3.8, 4) is 0 Å². The molecule has 0 aliphatic rings. The Balaban J connectivity index is 2.41. The molecule has 0 bridgehead atoms. The van der Waals surface area contributed by atoms with Crippen molar-refractivity contribution < 1.29 is 9.53 Å². The maximum Gasteiger partial charge on any atom is 0.407 e. The molecule has 0 aliphatic heterocycles. The van der Waals surface area contributed by atoms with Gasteiger partial charge in [0, 0.05) is 30.9 Å². The Labute approximate surface area is 101 Å². The van der Waals surface area contributed by atoms with Crippen LogP contribution in [0.25, 0.3) is 0 Å². The molecule has 1 rings (SSSR count). The van der Waals surface area contributed by atoms with E-state index in [1.165, 1.54) is 0 Å². The zero-order valence-corrected chi connectivity index (χ0v) is 10.5. The lowest BCUT2D eigenvalue weighted by Crippen LogP contribution is -2.36. The van der Waals surface area contributed by atoms with Crippen molar-refractivity contribution >= 4 is 6.09 Å². The summed E-state index contributed by atoms with van der Waals surface area (Å²) in [6, 6.07) is 1.84. The molecule has 1 aromatic heterocycles. The number of nitrogens with two attached hydrogens (primary N) is 1. The van der Waals surface area contributed by atoms with E-state index in [0.717, 1.165) is 5.69 Å². The third kappa shape index (κ3) is 4.86. The van der Waals surface area contributed by atoms with E-state index in [2.05, 4.69) is 15.5 Å². The average Bonchev–Trinajstić information content (AvgIpc) is 2.69. The highest BCUT2D eigenvalue weighted by molar-refractivity contribution is 5.67. The van der Waals surface area contributed by atoms with Crippen molar-refractivity contribution in [2.75, 3.05) is 13.1 Å². The maximum absolute atomic E-state index is 11.4. The minimum Gasteiger partial charge on any atom is -0.444 e. The largest absolute Gasteiger partial charge is 0.444 e. The normalized spacial score (nSPS) is 13.2. The Kier molecular flexibility index (Phi) is 4.51. The highest BCUT2D eigenvalue weighted by atomic mass is 16.6. The summed E-state index contributed by atoms with van der Waals surface area (Å²) >= 11 is 0. The summed E-state index contributed by atoms with van der Waals surface area (Å²) in [5, 5.41) is 9.38. The fourth-order valence-electron chi connectivity index (χ4n) is 1.33. The number of ether oxygens (including phenoxy) is 1. The number of nitrogens with zero attached hydrogens (tertiary/aromatic N) is 1. The van der Waals surface area contributed by atoms with Crippen molar-refractivity contribution in [1.29, 1.82) is 0 Å². The van der Waals surface area contributed by atoms with E-state index >= 15 is 0 Å². The van der Waals surface area contributed by atoms with E-state index in [9.17, 15) is 4.79 Å². The van der Waals surface area contributed by atoms with E-state index in [-0.39, 0.29) is 5.92 Å². The number of aromatic amines is 1. The summed E-state index contributed by atoms with van der Waals surface area (Å²) in [7, 11) is 0. The number of carbonyl (C=O) groups excluding carboxylic acids is 1. The van der Waals surface area contributed by atoms with E-state index in [0.29, 0.717) is 13.1 Å². The number of aromatic nitrogens is 2. The summed E-state index contributed by atoms with van der Waals surface area (Å²) in [5.74, 6) is 0.0185. The quantitative estimate of drug-likeness (QED) is 0.731. The average molecular weight is 240 g/mol. The van der Waals surface area contributed by atoms with Crippen LogP contribution >= 0.6 is 0 Å². The number of alkyl carbamates (subject to hydrolysis) is 1. The van der Waals surface area contributed by atoms with Gasteiger partial charge in [-0.2, -0.15) is 5.10 Å². The van der Waals surface area contributed by atoms with Crippen LogP contribution in [0.3, 0.4) is 0 Å². The first-order chi connectivity index (χ1) is 7.92. The van der Waals surface area contributed by atoms with Crippen LogP contribution in [0.15, 0.2) is 12.3 Å². The Hall–Kier alpha value is -1.56. The monoisotopic (exact) mass is 240 g/mol. The second-order valence-electron chi connectivity index (χ2n) is 4.83. The number of H-pyrrole nitrogens is 1. The van der Waals surface area contributed by atoms with Crippen LogP contribution in [0.5, 0.6) is 0 Å². The van der Waals surface area contributed by atoms with E-state index < -0.39 is 11.7 Å². The van der Waals surface area contributed by atoms with Crippen molar-refractivity contribution in [3.63, 3.8) is 0 Å². The molecule has 17 heavy (non-hydrogen) atoms. The molecule has 0 aliphatic carbocycles. The molecule has 6 heteroatoms. The molecule has 1 unspecified atom stereocenters. The van der Waals surface area contributed by atoms with E-state index in [4.69, 9.17) is 10.5 Å². The van der Waals surface area contributed by atoms with Crippen LogP contribution in [0.2, 0.25) is 0 Å². The van der Waals surface area contributed by atoms with Gasteiger partial charge in [0.15, 0.2) is 0 Å². The predicted octanol–water partition coefficient (Wildman–Crippen LogP) is 0.977. The molecule has 0 spiro atoms. The van der Waals surface area contributed by atoms with Gasteiger partial charge < -0.3 is 15.8 Å². The molecule has 4 N–H and O–H groups in total. The molecule has 0 saturated heterocycles. The minimum atomic E-state index is -0.490. The number of rotatable bonds is 4. The molecule has 0 radical (unpaired) electrons. The number of nitrogens with one attached hydrogen (secondary N) is 2. The molecule has 0 aromatic carbocycles. The molecule has 1 heterocycles. The van der Waals surface area contributed by atoms with Gasteiger partial charge in [-0.15, -0.1) is 0 Å². The molecule has 0 fully saturated rings. The molecule has 96 valence electrons. The Morgan fingerprint density at radius 2 is 2.35 bits per heavy atom. The van der Waals surface area contributed by atoms with Gasteiger partial charge in [-0.3, -0.25) is 5.10 Å². The number of hydrogen-bond acceptors (Lipinski definition) is 4. The fourth-order valence-corrected chi connectivity index (χ4v) is 1.33. The molecule has 1 amide bonds. The summed E-state index contributed by atoms with van der Waals surface area (Å²) in [5.41, 5.74) is 6.05. The number of amides is 1. The first-order valence-corrected chi connectivity index (χ1v) is 5.58. The Morgan fingerprint density at radius 3 is 2.82 bits per heavy atom. The van der Waals surface area contributed by atoms with Crippen molar-refractivity contribution in [2.45, 2.75) is 32.3 Å². The third-order valence-electron chi connectivity index (χ3n) is 2.14. The summed E-state index contributed by atoms with van der Waals surface area (Å²) in [6.07, 6.45) is 1.22. The van der Waals surface area contributed by atoms with Gasteiger partial charge in [-0.1, -0.05) is 0 Å². The van der Waals surface area contributed by atoms with Crippen LogP contribution in [0.4, 0.5) is 4.79 Å². The summed E-state index contributed by atoms with van der Waals surface area (Å²) < 4.78 is 5.13. The number of hydrogen-bond donors (Lipinski definition) is 3. The van der Waals surface area contributed by atoms with Crippen LogP contribution in [-0.4, -0.2) is 35.0 Å². The lowest BCUT2D eigenvalue weighted by atomic mass is 10.1. The van der Waals surface area contributed by atoms with Gasteiger partial charge >= 0.3 is 6.09 Å². The molecular weight excluding hydrogens is 220 g/mol. The second kappa shape index (κ2) is 5.67. The van der Waals surface area contributed by atoms with Crippen LogP contribution in [-0.2, 0) is 4.74 Å². The zero-order chi connectivity index (χ0) is 12.9. The van der Waals surface area contributed by atoms with Crippen LogP contribution in [0, 0.1) is 0 Å². The molecule has 0 saturated carbocycles. The van der Waals surface area contributed by atoms with Crippen LogP contribution in [0.1, 0.15) is 32.4 Å². The van der Waals surface area contributed by atoms with Crippen molar-refractivity contribution in [3.05, 3.63) is 18.0 Å². The highest BCUT2D eigenvalue weighted by Crippen LogP contribution is 2.10. The highest BCUT2D eigenvalue weighted by Gasteiger charge is 2.18. The molecule has 1 atom stereocenters. The van der Waals surface area contributed by atoms with Gasteiger partial charge in [0.25, 0.3) is 0 Å².